The van der Waals surface area contributed by atoms with Crippen LogP contribution < -0.4 is 5.32 Å². The normalized spacial score (nSPS) is 23.0. The van der Waals surface area contributed by atoms with Crippen LogP contribution in [0.2, 0.25) is 0 Å². The molecule has 0 aliphatic carbocycles. The second kappa shape index (κ2) is 7.97. The lowest BCUT2D eigenvalue weighted by Crippen LogP contribution is -2.49. The summed E-state index contributed by atoms with van der Waals surface area (Å²) in [6, 6.07) is 1.67. The lowest BCUT2D eigenvalue weighted by molar-refractivity contribution is -0.140. The fraction of sp³-hybridized carbons (Fsp3) is 0.600. The third-order valence-corrected chi connectivity index (χ3v) is 6.58. The molecule has 5 nitrogen and oxygen atoms in total. The molecule has 0 bridgehead atoms. The first kappa shape index (κ1) is 21.4. The van der Waals surface area contributed by atoms with Crippen molar-refractivity contribution in [1.82, 2.24) is 14.5 Å². The molecule has 0 spiro atoms. The summed E-state index contributed by atoms with van der Waals surface area (Å²) in [6.45, 7) is 3.48. The van der Waals surface area contributed by atoms with Crippen LogP contribution in [0.5, 0.6) is 0 Å². The minimum atomic E-state index is -4.94. The molecule has 1 N–H and O–H groups in total. The monoisotopic (exact) mass is 417 g/mol. The van der Waals surface area contributed by atoms with Gasteiger partial charge < -0.3 is 5.32 Å². The van der Waals surface area contributed by atoms with E-state index < -0.39 is 32.5 Å². The molecule has 148 valence electrons. The van der Waals surface area contributed by atoms with Crippen LogP contribution in [0.15, 0.2) is 23.1 Å². The van der Waals surface area contributed by atoms with E-state index in [9.17, 15) is 26.0 Å². The Morgan fingerprint density at radius 3 is 2.38 bits per heavy atom. The topological polar surface area (TPSA) is 52.7 Å². The molecule has 2 fully saturated rings. The summed E-state index contributed by atoms with van der Waals surface area (Å²) in [5.41, 5.74) is -1.46. The summed E-state index contributed by atoms with van der Waals surface area (Å²) < 4.78 is 79.2. The van der Waals surface area contributed by atoms with Crippen LogP contribution >= 0.6 is 12.4 Å². The Morgan fingerprint density at radius 2 is 1.77 bits per heavy atom. The van der Waals surface area contributed by atoms with Crippen LogP contribution in [-0.4, -0.2) is 62.9 Å². The van der Waals surface area contributed by atoms with Gasteiger partial charge in [-0.3, -0.25) is 4.90 Å². The van der Waals surface area contributed by atoms with E-state index in [4.69, 9.17) is 0 Å². The van der Waals surface area contributed by atoms with Gasteiger partial charge in [-0.1, -0.05) is 0 Å². The van der Waals surface area contributed by atoms with Gasteiger partial charge in [0.25, 0.3) is 0 Å². The van der Waals surface area contributed by atoms with Crippen molar-refractivity contribution < 1.29 is 26.0 Å². The fourth-order valence-corrected chi connectivity index (χ4v) is 5.05. The Morgan fingerprint density at radius 1 is 1.12 bits per heavy atom. The van der Waals surface area contributed by atoms with E-state index >= 15 is 0 Å². The average molecular weight is 418 g/mol. The number of alkyl halides is 3. The molecule has 0 radical (unpaired) electrons. The van der Waals surface area contributed by atoms with E-state index in [-0.39, 0.29) is 37.6 Å². The predicted octanol–water partition coefficient (Wildman–Crippen LogP) is 1.93. The van der Waals surface area contributed by atoms with Crippen molar-refractivity contribution in [2.75, 3.05) is 39.3 Å². The van der Waals surface area contributed by atoms with Gasteiger partial charge in [0.05, 0.1) is 10.5 Å². The van der Waals surface area contributed by atoms with Crippen molar-refractivity contribution in [2.24, 2.45) is 0 Å². The minimum Gasteiger partial charge on any atom is -0.314 e. The molecule has 1 unspecified atom stereocenters. The first-order valence-electron chi connectivity index (χ1n) is 8.01. The molecule has 26 heavy (non-hydrogen) atoms. The molecule has 0 amide bonds. The van der Waals surface area contributed by atoms with Gasteiger partial charge >= 0.3 is 6.18 Å². The Hall–Kier alpha value is -0.940. The maximum absolute atomic E-state index is 13.2. The Balaban J connectivity index is 0.00000243. The number of nitrogens with zero attached hydrogens (tertiary/aromatic N) is 2. The van der Waals surface area contributed by atoms with Gasteiger partial charge in [0.2, 0.25) is 10.0 Å². The van der Waals surface area contributed by atoms with Gasteiger partial charge in [0.1, 0.15) is 5.82 Å². The molecule has 3 rings (SSSR count). The SMILES string of the molecule is Cl.O=S(=O)(c1ccc(F)cc1C(F)(F)F)N1CCC(N2CCNCC2)C1. The Kier molecular flexibility index (Phi) is 6.55. The van der Waals surface area contributed by atoms with Gasteiger partial charge in [-0.05, 0) is 24.6 Å². The van der Waals surface area contributed by atoms with E-state index in [0.717, 1.165) is 36.6 Å². The molecule has 0 aromatic heterocycles. The van der Waals surface area contributed by atoms with E-state index in [1.54, 1.807) is 0 Å². The first-order valence-corrected chi connectivity index (χ1v) is 9.45. The highest BCUT2D eigenvalue weighted by atomic mass is 35.5. The lowest BCUT2D eigenvalue weighted by Gasteiger charge is -2.32. The van der Waals surface area contributed by atoms with E-state index in [1.165, 1.54) is 0 Å². The first-order chi connectivity index (χ1) is 11.7. The van der Waals surface area contributed by atoms with Crippen molar-refractivity contribution in [3.8, 4) is 0 Å². The molecule has 1 atom stereocenters. The summed E-state index contributed by atoms with van der Waals surface area (Å²) >= 11 is 0. The molecular weight excluding hydrogens is 398 g/mol. The van der Waals surface area contributed by atoms with Gasteiger partial charge in [-0.15, -0.1) is 12.4 Å². The second-order valence-corrected chi connectivity index (χ2v) is 8.14. The summed E-state index contributed by atoms with van der Waals surface area (Å²) in [5.74, 6) is -1.12. The number of benzene rings is 1. The van der Waals surface area contributed by atoms with Crippen molar-refractivity contribution in [3.63, 3.8) is 0 Å². The van der Waals surface area contributed by atoms with Crippen LogP contribution in [0, 0.1) is 5.82 Å². The molecule has 11 heteroatoms. The van der Waals surface area contributed by atoms with Crippen molar-refractivity contribution in [1.29, 1.82) is 0 Å². The summed E-state index contributed by atoms with van der Waals surface area (Å²) in [7, 11) is -4.34. The molecule has 2 heterocycles. The third kappa shape index (κ3) is 4.30. The molecular formula is C15H20ClF4N3O2S. The molecule has 2 aliphatic rings. The molecule has 2 saturated heterocycles. The maximum Gasteiger partial charge on any atom is 0.417 e. The smallest absolute Gasteiger partial charge is 0.314 e. The maximum atomic E-state index is 13.2. The number of nitrogens with one attached hydrogen (secondary N) is 1. The zero-order chi connectivity index (χ0) is 18.2. The number of piperazine rings is 1. The van der Waals surface area contributed by atoms with Gasteiger partial charge in [0, 0.05) is 45.3 Å². The Labute approximate surface area is 155 Å². The highest BCUT2D eigenvalue weighted by molar-refractivity contribution is 7.89. The average Bonchev–Trinajstić information content (AvgIpc) is 3.05. The largest absolute Gasteiger partial charge is 0.417 e. The van der Waals surface area contributed by atoms with Crippen molar-refractivity contribution >= 4 is 22.4 Å². The third-order valence-electron chi connectivity index (χ3n) is 4.66. The zero-order valence-electron chi connectivity index (χ0n) is 13.8. The highest BCUT2D eigenvalue weighted by Crippen LogP contribution is 2.36. The summed E-state index contributed by atoms with van der Waals surface area (Å²) in [5, 5.41) is 3.20. The van der Waals surface area contributed by atoms with Gasteiger partial charge in [-0.2, -0.15) is 17.5 Å². The number of hydrogen-bond donors (Lipinski definition) is 1. The van der Waals surface area contributed by atoms with E-state index in [0.29, 0.717) is 12.5 Å². The van der Waals surface area contributed by atoms with E-state index in [2.05, 4.69) is 10.2 Å². The van der Waals surface area contributed by atoms with Gasteiger partial charge in [0.15, 0.2) is 0 Å². The zero-order valence-corrected chi connectivity index (χ0v) is 15.4. The summed E-state index contributed by atoms with van der Waals surface area (Å²) in [4.78, 5) is 1.27. The van der Waals surface area contributed by atoms with E-state index in [1.807, 2.05) is 0 Å². The highest BCUT2D eigenvalue weighted by Gasteiger charge is 2.42. The van der Waals surface area contributed by atoms with Crippen molar-refractivity contribution in [2.45, 2.75) is 23.5 Å². The second-order valence-electron chi connectivity index (χ2n) is 6.23. The standard InChI is InChI=1S/C15H19F4N3O2S.ClH/c16-11-1-2-14(13(9-11)15(17,18)19)25(23,24)22-6-3-12(10-22)21-7-4-20-5-8-21;/h1-2,9,12,20H,3-8,10H2;1H. The van der Waals surface area contributed by atoms with Gasteiger partial charge in [-0.25, -0.2) is 12.8 Å². The van der Waals surface area contributed by atoms with Crippen LogP contribution in [-0.2, 0) is 16.2 Å². The lowest BCUT2D eigenvalue weighted by atomic mass is 10.2. The summed E-state index contributed by atoms with van der Waals surface area (Å²) in [6.07, 6.45) is -4.37. The minimum absolute atomic E-state index is 0. The molecule has 1 aromatic rings. The van der Waals surface area contributed by atoms with Crippen LogP contribution in [0.3, 0.4) is 0 Å². The molecule has 0 saturated carbocycles. The fourth-order valence-electron chi connectivity index (χ4n) is 3.36. The van der Waals surface area contributed by atoms with Crippen molar-refractivity contribution in [3.05, 3.63) is 29.6 Å². The van der Waals surface area contributed by atoms with Crippen LogP contribution in [0.25, 0.3) is 0 Å². The number of rotatable bonds is 3. The quantitative estimate of drug-likeness (QED) is 0.764. The Bertz CT molecular complexity index is 739. The molecule has 1 aromatic carbocycles. The number of hydrogen-bond acceptors (Lipinski definition) is 4. The molecule has 2 aliphatic heterocycles. The van der Waals surface area contributed by atoms with Crippen LogP contribution in [0.4, 0.5) is 17.6 Å². The number of sulfonamides is 1. The predicted molar refractivity (Wildman–Crippen MR) is 90.3 cm³/mol. The number of halogens is 5. The van der Waals surface area contributed by atoms with Crippen LogP contribution in [0.1, 0.15) is 12.0 Å².